The molecule has 0 spiro atoms. The van der Waals surface area contributed by atoms with E-state index in [2.05, 4.69) is 10.2 Å². The maximum Gasteiger partial charge on any atom is 0.251 e. The summed E-state index contributed by atoms with van der Waals surface area (Å²) in [5.74, 6) is 0.147. The topological polar surface area (TPSA) is 72.9 Å². The van der Waals surface area contributed by atoms with Gasteiger partial charge in [-0.1, -0.05) is 18.2 Å². The first-order chi connectivity index (χ1) is 13.0. The molecule has 2 N–H and O–H groups in total. The van der Waals surface area contributed by atoms with Crippen LogP contribution >= 0.6 is 0 Å². The number of rotatable bonds is 5. The third-order valence-corrected chi connectivity index (χ3v) is 4.74. The molecule has 1 fully saturated rings. The largest absolute Gasteiger partial charge is 0.508 e. The summed E-state index contributed by atoms with van der Waals surface area (Å²) in [6.45, 7) is 4.66. The first-order valence-electron chi connectivity index (χ1n) is 9.20. The predicted octanol–water partition coefficient (Wildman–Crippen LogP) is 2.25. The maximum absolute atomic E-state index is 12.5. The monoisotopic (exact) mass is 367 g/mol. The van der Waals surface area contributed by atoms with Crippen molar-refractivity contribution < 1.29 is 14.7 Å². The molecule has 0 saturated carbocycles. The van der Waals surface area contributed by atoms with Gasteiger partial charge in [-0.2, -0.15) is 0 Å². The van der Waals surface area contributed by atoms with Crippen LogP contribution in [-0.4, -0.2) is 54.0 Å². The highest BCUT2D eigenvalue weighted by Gasteiger charge is 2.23. The SMILES string of the molecule is CC(CC(=O)N1CCN(c2ccc(O)cc2)CC1)NC(=O)c1ccccc1. The van der Waals surface area contributed by atoms with Crippen molar-refractivity contribution in [2.24, 2.45) is 0 Å². The van der Waals surface area contributed by atoms with E-state index in [0.717, 1.165) is 18.8 Å². The van der Waals surface area contributed by atoms with Crippen molar-refractivity contribution in [3.8, 4) is 5.75 Å². The van der Waals surface area contributed by atoms with Gasteiger partial charge >= 0.3 is 0 Å². The third kappa shape index (κ3) is 5.00. The molecule has 2 aromatic carbocycles. The zero-order chi connectivity index (χ0) is 19.2. The van der Waals surface area contributed by atoms with Crippen LogP contribution in [0.15, 0.2) is 54.6 Å². The zero-order valence-electron chi connectivity index (χ0n) is 15.5. The minimum Gasteiger partial charge on any atom is -0.508 e. The lowest BCUT2D eigenvalue weighted by Gasteiger charge is -2.36. The van der Waals surface area contributed by atoms with E-state index in [1.54, 1.807) is 24.3 Å². The number of piperazine rings is 1. The fraction of sp³-hybridized carbons (Fsp3) is 0.333. The molecule has 0 aliphatic carbocycles. The first kappa shape index (κ1) is 18.8. The van der Waals surface area contributed by atoms with Crippen LogP contribution in [-0.2, 0) is 4.79 Å². The van der Waals surface area contributed by atoms with Crippen LogP contribution < -0.4 is 10.2 Å². The highest BCUT2D eigenvalue weighted by molar-refractivity contribution is 5.94. The molecule has 27 heavy (non-hydrogen) atoms. The van der Waals surface area contributed by atoms with Crippen molar-refractivity contribution >= 4 is 17.5 Å². The quantitative estimate of drug-likeness (QED) is 0.850. The standard InChI is InChI=1S/C21H25N3O3/c1-16(22-21(27)17-5-3-2-4-6-17)15-20(26)24-13-11-23(12-14-24)18-7-9-19(25)10-8-18/h2-10,16,25H,11-15H2,1H3,(H,22,27). The Balaban J connectivity index is 1.46. The highest BCUT2D eigenvalue weighted by Crippen LogP contribution is 2.20. The van der Waals surface area contributed by atoms with Gasteiger partial charge in [-0.15, -0.1) is 0 Å². The number of anilines is 1. The van der Waals surface area contributed by atoms with E-state index < -0.39 is 0 Å². The lowest BCUT2D eigenvalue weighted by Crippen LogP contribution is -2.50. The van der Waals surface area contributed by atoms with E-state index in [0.29, 0.717) is 18.7 Å². The number of carbonyl (C=O) groups is 2. The number of amides is 2. The average Bonchev–Trinajstić information content (AvgIpc) is 2.69. The van der Waals surface area contributed by atoms with E-state index in [1.807, 2.05) is 42.2 Å². The second-order valence-electron chi connectivity index (χ2n) is 6.83. The summed E-state index contributed by atoms with van der Waals surface area (Å²) in [5, 5.41) is 12.3. The molecule has 0 bridgehead atoms. The predicted molar refractivity (Wildman–Crippen MR) is 105 cm³/mol. The second-order valence-corrected chi connectivity index (χ2v) is 6.83. The van der Waals surface area contributed by atoms with Crippen LogP contribution in [0.1, 0.15) is 23.7 Å². The van der Waals surface area contributed by atoms with Crippen LogP contribution in [0.4, 0.5) is 5.69 Å². The molecule has 1 aliphatic heterocycles. The van der Waals surface area contributed by atoms with Gasteiger partial charge in [-0.3, -0.25) is 9.59 Å². The molecule has 142 valence electrons. The summed E-state index contributed by atoms with van der Waals surface area (Å²) in [5.41, 5.74) is 1.64. The summed E-state index contributed by atoms with van der Waals surface area (Å²) in [4.78, 5) is 28.8. The number of nitrogens with zero attached hydrogens (tertiary/aromatic N) is 2. The van der Waals surface area contributed by atoms with Crippen LogP contribution in [0, 0.1) is 0 Å². The Morgan fingerprint density at radius 3 is 2.26 bits per heavy atom. The van der Waals surface area contributed by atoms with E-state index in [-0.39, 0.29) is 30.0 Å². The number of phenolic OH excluding ortho intramolecular Hbond substituents is 1. The van der Waals surface area contributed by atoms with E-state index in [1.165, 1.54) is 0 Å². The molecular weight excluding hydrogens is 342 g/mol. The third-order valence-electron chi connectivity index (χ3n) is 4.74. The van der Waals surface area contributed by atoms with Gasteiger partial charge in [-0.25, -0.2) is 0 Å². The second kappa shape index (κ2) is 8.58. The summed E-state index contributed by atoms with van der Waals surface area (Å²) in [6.07, 6.45) is 0.289. The van der Waals surface area contributed by atoms with Gasteiger partial charge in [0.15, 0.2) is 0 Å². The van der Waals surface area contributed by atoms with Crippen molar-refractivity contribution in [1.82, 2.24) is 10.2 Å². The summed E-state index contributed by atoms with van der Waals surface area (Å²) in [6, 6.07) is 15.9. The van der Waals surface area contributed by atoms with Crippen LogP contribution in [0.25, 0.3) is 0 Å². The van der Waals surface area contributed by atoms with Crippen molar-refractivity contribution in [3.05, 3.63) is 60.2 Å². The van der Waals surface area contributed by atoms with E-state index in [9.17, 15) is 14.7 Å². The number of hydrogen-bond acceptors (Lipinski definition) is 4. The van der Waals surface area contributed by atoms with Gasteiger partial charge in [0.05, 0.1) is 0 Å². The molecule has 6 heteroatoms. The van der Waals surface area contributed by atoms with Gasteiger partial charge in [0.1, 0.15) is 5.75 Å². The Hall–Kier alpha value is -3.02. The Morgan fingerprint density at radius 1 is 1.00 bits per heavy atom. The lowest BCUT2D eigenvalue weighted by molar-refractivity contribution is -0.131. The summed E-state index contributed by atoms with van der Waals surface area (Å²) >= 11 is 0. The molecule has 0 aromatic heterocycles. The Morgan fingerprint density at radius 2 is 1.63 bits per heavy atom. The molecule has 1 unspecified atom stereocenters. The molecule has 3 rings (SSSR count). The average molecular weight is 367 g/mol. The normalized spacial score (nSPS) is 15.3. The van der Waals surface area contributed by atoms with E-state index in [4.69, 9.17) is 0 Å². The molecular formula is C21H25N3O3. The van der Waals surface area contributed by atoms with Crippen molar-refractivity contribution in [2.75, 3.05) is 31.1 Å². The zero-order valence-corrected chi connectivity index (χ0v) is 15.5. The smallest absolute Gasteiger partial charge is 0.251 e. The first-order valence-corrected chi connectivity index (χ1v) is 9.20. The van der Waals surface area contributed by atoms with Crippen LogP contribution in [0.2, 0.25) is 0 Å². The number of hydrogen-bond donors (Lipinski definition) is 2. The molecule has 1 saturated heterocycles. The number of aromatic hydroxyl groups is 1. The molecule has 1 aliphatic rings. The maximum atomic E-state index is 12.5. The summed E-state index contributed by atoms with van der Waals surface area (Å²) < 4.78 is 0. The van der Waals surface area contributed by atoms with Crippen molar-refractivity contribution in [1.29, 1.82) is 0 Å². The molecule has 6 nitrogen and oxygen atoms in total. The van der Waals surface area contributed by atoms with Crippen molar-refractivity contribution in [2.45, 2.75) is 19.4 Å². The van der Waals surface area contributed by atoms with Crippen LogP contribution in [0.3, 0.4) is 0 Å². The summed E-state index contributed by atoms with van der Waals surface area (Å²) in [7, 11) is 0. The number of benzene rings is 2. The van der Waals surface area contributed by atoms with Gasteiger partial charge in [0, 0.05) is 49.9 Å². The number of carbonyl (C=O) groups excluding carboxylic acids is 2. The molecule has 2 aromatic rings. The van der Waals surface area contributed by atoms with Gasteiger partial charge in [-0.05, 0) is 43.3 Å². The number of nitrogens with one attached hydrogen (secondary N) is 1. The van der Waals surface area contributed by atoms with Gasteiger partial charge in [0.2, 0.25) is 5.91 Å². The lowest BCUT2D eigenvalue weighted by atomic mass is 10.1. The molecule has 0 radical (unpaired) electrons. The van der Waals surface area contributed by atoms with Gasteiger partial charge < -0.3 is 20.2 Å². The fourth-order valence-electron chi connectivity index (χ4n) is 3.22. The Labute approximate surface area is 159 Å². The van der Waals surface area contributed by atoms with Crippen molar-refractivity contribution in [3.63, 3.8) is 0 Å². The Kier molecular flexibility index (Phi) is 5.96. The minimum atomic E-state index is -0.222. The molecule has 1 atom stereocenters. The minimum absolute atomic E-state index is 0.0567. The fourth-order valence-corrected chi connectivity index (χ4v) is 3.22. The highest BCUT2D eigenvalue weighted by atomic mass is 16.3. The van der Waals surface area contributed by atoms with Gasteiger partial charge in [0.25, 0.3) is 5.91 Å². The van der Waals surface area contributed by atoms with Crippen LogP contribution in [0.5, 0.6) is 5.75 Å². The Bertz CT molecular complexity index is 769. The number of phenols is 1. The molecule has 2 amide bonds. The van der Waals surface area contributed by atoms with E-state index >= 15 is 0 Å². The molecule has 1 heterocycles.